The lowest BCUT2D eigenvalue weighted by atomic mass is 10.3. The molecule has 4 nitrogen and oxygen atoms in total. The van der Waals surface area contributed by atoms with E-state index in [4.69, 9.17) is 16.3 Å². The van der Waals surface area contributed by atoms with E-state index in [1.165, 1.54) is 25.6 Å². The van der Waals surface area contributed by atoms with E-state index in [-0.39, 0.29) is 11.0 Å². The lowest BCUT2D eigenvalue weighted by Gasteiger charge is -2.11. The molecule has 0 aliphatic carbocycles. The number of halogens is 3. The summed E-state index contributed by atoms with van der Waals surface area (Å²) in [6.45, 7) is 0. The van der Waals surface area contributed by atoms with Gasteiger partial charge in [0.25, 0.3) is 0 Å². The third-order valence-corrected chi connectivity index (χ3v) is 3.31. The molecule has 0 atom stereocenters. The molecule has 1 heterocycles. The zero-order valence-electron chi connectivity index (χ0n) is 9.25. The number of hydrogen-bond acceptors (Lipinski definition) is 4. The summed E-state index contributed by atoms with van der Waals surface area (Å²) in [5.41, 5.74) is 0.713. The van der Waals surface area contributed by atoms with Crippen LogP contribution in [0.1, 0.15) is 0 Å². The van der Waals surface area contributed by atoms with Gasteiger partial charge in [-0.1, -0.05) is 11.6 Å². The average Bonchev–Trinajstić information content (AvgIpc) is 2.33. The molecule has 0 amide bonds. The third kappa shape index (κ3) is 2.81. The highest BCUT2D eigenvalue weighted by molar-refractivity contribution is 14.1. The molecule has 2 aromatic rings. The van der Waals surface area contributed by atoms with Crippen LogP contribution in [0.15, 0.2) is 24.5 Å². The number of anilines is 2. The maximum absolute atomic E-state index is 13.0. The van der Waals surface area contributed by atoms with Crippen LogP contribution >= 0.6 is 34.2 Å². The van der Waals surface area contributed by atoms with Crippen LogP contribution in [0.25, 0.3) is 0 Å². The summed E-state index contributed by atoms with van der Waals surface area (Å²) in [5.74, 6) is 0.485. The summed E-state index contributed by atoms with van der Waals surface area (Å²) in [5, 5.41) is 3.24. The van der Waals surface area contributed by atoms with Gasteiger partial charge in [0.15, 0.2) is 16.7 Å². The Bertz CT molecular complexity index is 582. The number of nitrogens with one attached hydrogen (secondary N) is 1. The van der Waals surface area contributed by atoms with Crippen molar-refractivity contribution in [1.29, 1.82) is 0 Å². The average molecular weight is 380 g/mol. The Morgan fingerprint density at radius 1 is 1.39 bits per heavy atom. The quantitative estimate of drug-likeness (QED) is 0.653. The van der Waals surface area contributed by atoms with Gasteiger partial charge in [-0.25, -0.2) is 14.4 Å². The van der Waals surface area contributed by atoms with Crippen LogP contribution in [0.2, 0.25) is 5.15 Å². The van der Waals surface area contributed by atoms with Gasteiger partial charge in [-0.05, 0) is 40.8 Å². The molecule has 0 bridgehead atoms. The molecule has 1 N–H and O–H groups in total. The highest BCUT2D eigenvalue weighted by Gasteiger charge is 2.11. The van der Waals surface area contributed by atoms with E-state index in [1.54, 1.807) is 6.07 Å². The van der Waals surface area contributed by atoms with Crippen LogP contribution in [-0.4, -0.2) is 17.1 Å². The van der Waals surface area contributed by atoms with Crippen LogP contribution in [0.4, 0.5) is 15.9 Å². The second-order valence-electron chi connectivity index (χ2n) is 3.30. The van der Waals surface area contributed by atoms with E-state index in [1.807, 2.05) is 22.6 Å². The molecule has 1 aromatic heterocycles. The Hall–Kier alpha value is -1.15. The molecule has 2 rings (SSSR count). The normalized spacial score (nSPS) is 10.2. The molecule has 7 heteroatoms. The molecule has 0 aliphatic rings. The van der Waals surface area contributed by atoms with Crippen LogP contribution in [0.3, 0.4) is 0 Å². The number of aromatic nitrogens is 2. The molecule has 1 aromatic carbocycles. The Kier molecular flexibility index (Phi) is 4.18. The largest absolute Gasteiger partial charge is 0.490 e. The highest BCUT2D eigenvalue weighted by Crippen LogP contribution is 2.32. The summed E-state index contributed by atoms with van der Waals surface area (Å²) >= 11 is 7.91. The minimum atomic E-state index is -0.294. The van der Waals surface area contributed by atoms with Crippen LogP contribution in [-0.2, 0) is 0 Å². The number of methoxy groups -OCH3 is 1. The van der Waals surface area contributed by atoms with Gasteiger partial charge < -0.3 is 10.1 Å². The van der Waals surface area contributed by atoms with Crippen molar-refractivity contribution in [3.8, 4) is 5.75 Å². The SMILES string of the molecule is COc1c(Cl)ncnc1Nc1ccc(F)cc1I. The molecule has 0 fully saturated rings. The fourth-order valence-corrected chi connectivity index (χ4v) is 2.16. The van der Waals surface area contributed by atoms with Crippen molar-refractivity contribution in [1.82, 2.24) is 9.97 Å². The summed E-state index contributed by atoms with van der Waals surface area (Å²) in [4.78, 5) is 7.86. The number of rotatable bonds is 3. The van der Waals surface area contributed by atoms with Crippen molar-refractivity contribution in [2.24, 2.45) is 0 Å². The van der Waals surface area contributed by atoms with Gasteiger partial charge in [-0.2, -0.15) is 0 Å². The molecule has 0 spiro atoms. The van der Waals surface area contributed by atoms with Gasteiger partial charge >= 0.3 is 0 Å². The van der Waals surface area contributed by atoms with Crippen molar-refractivity contribution in [3.05, 3.63) is 39.1 Å². The van der Waals surface area contributed by atoms with Crippen molar-refractivity contribution in [2.75, 3.05) is 12.4 Å². The van der Waals surface area contributed by atoms with Gasteiger partial charge in [-0.15, -0.1) is 0 Å². The number of nitrogens with zero attached hydrogens (tertiary/aromatic N) is 2. The molecular weight excluding hydrogens is 371 g/mol. The molecule has 0 saturated heterocycles. The summed E-state index contributed by atoms with van der Waals surface area (Å²) in [6, 6.07) is 4.39. The maximum atomic E-state index is 13.0. The third-order valence-electron chi connectivity index (χ3n) is 2.15. The minimum absolute atomic E-state index is 0.215. The Morgan fingerprint density at radius 2 is 2.17 bits per heavy atom. The van der Waals surface area contributed by atoms with Crippen molar-refractivity contribution >= 4 is 45.7 Å². The Balaban J connectivity index is 2.37. The Morgan fingerprint density at radius 3 is 2.83 bits per heavy atom. The second kappa shape index (κ2) is 5.66. The van der Waals surface area contributed by atoms with E-state index >= 15 is 0 Å². The summed E-state index contributed by atoms with van der Waals surface area (Å²) in [7, 11) is 1.48. The lowest BCUT2D eigenvalue weighted by molar-refractivity contribution is 0.413. The molecular formula is C11H8ClFIN3O. The standard InChI is InChI=1S/C11H8ClFIN3O/c1-18-9-10(12)15-5-16-11(9)17-8-3-2-6(13)4-7(8)14/h2-5H,1H3,(H,15,16,17). The van der Waals surface area contributed by atoms with Crippen molar-refractivity contribution < 1.29 is 9.13 Å². The monoisotopic (exact) mass is 379 g/mol. The first-order valence-corrected chi connectivity index (χ1v) is 6.34. The Labute approximate surface area is 122 Å². The molecule has 0 aliphatic heterocycles. The minimum Gasteiger partial charge on any atom is -0.490 e. The van der Waals surface area contributed by atoms with Gasteiger partial charge in [-0.3, -0.25) is 0 Å². The zero-order chi connectivity index (χ0) is 13.1. The summed E-state index contributed by atoms with van der Waals surface area (Å²) < 4.78 is 18.8. The second-order valence-corrected chi connectivity index (χ2v) is 4.82. The first-order valence-electron chi connectivity index (χ1n) is 4.88. The first kappa shape index (κ1) is 13.3. The lowest BCUT2D eigenvalue weighted by Crippen LogP contribution is -2.00. The van der Waals surface area contributed by atoms with Crippen molar-refractivity contribution in [2.45, 2.75) is 0 Å². The zero-order valence-corrected chi connectivity index (χ0v) is 12.2. The topological polar surface area (TPSA) is 47.0 Å². The molecule has 0 unspecified atom stereocenters. The molecule has 0 radical (unpaired) electrons. The van der Waals surface area contributed by atoms with E-state index in [0.29, 0.717) is 17.3 Å². The maximum Gasteiger partial charge on any atom is 0.199 e. The van der Waals surface area contributed by atoms with Gasteiger partial charge in [0, 0.05) is 3.57 Å². The van der Waals surface area contributed by atoms with Crippen LogP contribution in [0, 0.1) is 9.39 Å². The predicted octanol–water partition coefficient (Wildman–Crippen LogP) is 3.63. The van der Waals surface area contributed by atoms with E-state index in [2.05, 4.69) is 15.3 Å². The van der Waals surface area contributed by atoms with E-state index in [0.717, 1.165) is 3.57 Å². The van der Waals surface area contributed by atoms with Crippen molar-refractivity contribution in [3.63, 3.8) is 0 Å². The molecule has 94 valence electrons. The van der Waals surface area contributed by atoms with E-state index < -0.39 is 0 Å². The number of ether oxygens (including phenoxy) is 1. The molecule has 18 heavy (non-hydrogen) atoms. The van der Waals surface area contributed by atoms with Gasteiger partial charge in [0.2, 0.25) is 0 Å². The van der Waals surface area contributed by atoms with Gasteiger partial charge in [0.05, 0.1) is 12.8 Å². The van der Waals surface area contributed by atoms with Crippen LogP contribution in [0.5, 0.6) is 5.75 Å². The highest BCUT2D eigenvalue weighted by atomic mass is 127. The smallest absolute Gasteiger partial charge is 0.199 e. The van der Waals surface area contributed by atoms with E-state index in [9.17, 15) is 4.39 Å². The predicted molar refractivity (Wildman–Crippen MR) is 76.0 cm³/mol. The number of hydrogen-bond donors (Lipinski definition) is 1. The number of benzene rings is 1. The fourth-order valence-electron chi connectivity index (χ4n) is 1.34. The first-order chi connectivity index (χ1) is 8.61. The fraction of sp³-hybridized carbons (Fsp3) is 0.0909. The summed E-state index contributed by atoms with van der Waals surface area (Å²) in [6.07, 6.45) is 1.32. The molecule has 0 saturated carbocycles. The van der Waals surface area contributed by atoms with Crippen LogP contribution < -0.4 is 10.1 Å². The van der Waals surface area contributed by atoms with Gasteiger partial charge in [0.1, 0.15) is 12.1 Å².